The van der Waals surface area contributed by atoms with Gasteiger partial charge in [-0.1, -0.05) is 0 Å². The maximum atomic E-state index is 10.8. The molecule has 1 saturated carbocycles. The van der Waals surface area contributed by atoms with Gasteiger partial charge in [0.05, 0.1) is 20.2 Å². The lowest BCUT2D eigenvalue weighted by molar-refractivity contribution is -0.110. The van der Waals surface area contributed by atoms with E-state index in [1.54, 1.807) is 0 Å². The molecule has 0 aromatic heterocycles. The van der Waals surface area contributed by atoms with E-state index in [1.165, 1.54) is 0 Å². The summed E-state index contributed by atoms with van der Waals surface area (Å²) < 4.78 is 5.48. The summed E-state index contributed by atoms with van der Waals surface area (Å²) in [5.41, 5.74) is 0. The van der Waals surface area contributed by atoms with Gasteiger partial charge in [-0.15, -0.1) is 12.2 Å². The van der Waals surface area contributed by atoms with E-state index in [0.717, 1.165) is 38.3 Å². The Morgan fingerprint density at radius 1 is 1.35 bits per heavy atom. The molecule has 98 valence electrons. The fourth-order valence-corrected chi connectivity index (χ4v) is 2.99. The zero-order chi connectivity index (χ0) is 12.5. The molecule has 0 aliphatic heterocycles. The van der Waals surface area contributed by atoms with Gasteiger partial charge in [0, 0.05) is 12.5 Å². The van der Waals surface area contributed by atoms with Crippen molar-refractivity contribution in [2.75, 3.05) is 0 Å². The van der Waals surface area contributed by atoms with Crippen molar-refractivity contribution in [3.8, 4) is 0 Å². The lowest BCUT2D eigenvalue weighted by Gasteiger charge is -2.30. The third-order valence-electron chi connectivity index (χ3n) is 3.10. The van der Waals surface area contributed by atoms with Crippen LogP contribution in [0.25, 0.3) is 0 Å². The van der Waals surface area contributed by atoms with Gasteiger partial charge in [-0.3, -0.25) is 0 Å². The van der Waals surface area contributed by atoms with Crippen LogP contribution in [0.4, 0.5) is 0 Å². The van der Waals surface area contributed by atoms with E-state index in [1.807, 2.05) is 0 Å². The third-order valence-corrected chi connectivity index (χ3v) is 3.86. The van der Waals surface area contributed by atoms with E-state index in [4.69, 9.17) is 4.52 Å². The lowest BCUT2D eigenvalue weighted by Crippen LogP contribution is -2.42. The van der Waals surface area contributed by atoms with Gasteiger partial charge in [0.1, 0.15) is 12.6 Å². The summed E-state index contributed by atoms with van der Waals surface area (Å²) in [5.74, 6) is 0. The molecule has 0 bridgehead atoms. The molecule has 0 radical (unpaired) electrons. The van der Waals surface area contributed by atoms with Gasteiger partial charge < -0.3 is 19.4 Å². The van der Waals surface area contributed by atoms with Crippen molar-refractivity contribution in [2.24, 2.45) is 0 Å². The largest absolute Gasteiger partial charge is 0.348 e. The van der Waals surface area contributed by atoms with Gasteiger partial charge in [-0.2, -0.15) is 0 Å². The van der Waals surface area contributed by atoms with Crippen LogP contribution >= 0.6 is 20.3 Å². The van der Waals surface area contributed by atoms with Gasteiger partial charge >= 0.3 is 0 Å². The molecule has 6 heteroatoms. The van der Waals surface area contributed by atoms with Crippen LogP contribution in [0.1, 0.15) is 38.5 Å². The van der Waals surface area contributed by atoms with E-state index in [0.29, 0.717) is 25.0 Å². The molecule has 2 unspecified atom stereocenters. The summed E-state index contributed by atoms with van der Waals surface area (Å²) in [4.78, 5) is 21.1. The second-order valence-electron chi connectivity index (χ2n) is 4.34. The molecular formula is C11H20NO3PS. The van der Waals surface area contributed by atoms with Crippen molar-refractivity contribution in [2.45, 2.75) is 56.7 Å². The van der Waals surface area contributed by atoms with E-state index in [2.05, 4.69) is 17.6 Å². The highest BCUT2D eigenvalue weighted by Gasteiger charge is 2.23. The Morgan fingerprint density at radius 2 is 2.06 bits per heavy atom. The molecule has 0 aromatic carbocycles. The Hall–Kier alpha value is 0.0400. The van der Waals surface area contributed by atoms with Gasteiger partial charge in [0.25, 0.3) is 0 Å². The molecule has 0 spiro atoms. The quantitative estimate of drug-likeness (QED) is 0.404. The Balaban J connectivity index is 2.23. The minimum Gasteiger partial charge on any atom is -0.348 e. The van der Waals surface area contributed by atoms with Crippen molar-refractivity contribution < 1.29 is 14.1 Å². The molecule has 2 atom stereocenters. The predicted octanol–water partition coefficient (Wildman–Crippen LogP) is 1.89. The van der Waals surface area contributed by atoms with E-state index in [9.17, 15) is 9.59 Å². The molecule has 0 heterocycles. The van der Waals surface area contributed by atoms with Gasteiger partial charge in [0.15, 0.2) is 0 Å². The molecule has 0 aromatic rings. The fraction of sp³-hybridized carbons (Fsp3) is 0.818. The van der Waals surface area contributed by atoms with Crippen molar-refractivity contribution >= 4 is 32.8 Å². The average molecular weight is 277 g/mol. The zero-order valence-corrected chi connectivity index (χ0v) is 11.7. The number of aldehydes is 2. The number of hydrogen-bond acceptors (Lipinski definition) is 5. The number of thiol groups is 1. The van der Waals surface area contributed by atoms with Crippen molar-refractivity contribution in [1.29, 1.82) is 0 Å². The molecule has 1 aliphatic rings. The Morgan fingerprint density at radius 3 is 2.59 bits per heavy atom. The highest BCUT2D eigenvalue weighted by Crippen LogP contribution is 2.29. The fourth-order valence-electron chi connectivity index (χ4n) is 2.16. The topological polar surface area (TPSA) is 55.4 Å². The minimum absolute atomic E-state index is 0.186. The summed E-state index contributed by atoms with van der Waals surface area (Å²) in [6.07, 6.45) is 7.21. The zero-order valence-electron chi connectivity index (χ0n) is 9.80. The molecule has 1 aliphatic carbocycles. The molecule has 1 fully saturated rings. The first-order valence-electron chi connectivity index (χ1n) is 6.00. The van der Waals surface area contributed by atoms with Crippen LogP contribution in [-0.4, -0.2) is 30.8 Å². The summed E-state index contributed by atoms with van der Waals surface area (Å²) in [7, 11) is 0.256. The normalized spacial score (nSPS) is 27.1. The molecule has 1 rings (SSSR count). The van der Waals surface area contributed by atoms with Gasteiger partial charge in [0.2, 0.25) is 0 Å². The van der Waals surface area contributed by atoms with Gasteiger partial charge in [-0.25, -0.2) is 0 Å². The second kappa shape index (κ2) is 9.03. The number of rotatable bonds is 8. The van der Waals surface area contributed by atoms with Crippen LogP contribution in [0, 0.1) is 0 Å². The van der Waals surface area contributed by atoms with Crippen LogP contribution in [0.3, 0.4) is 0 Å². The first-order chi connectivity index (χ1) is 8.30. The number of nitrogens with one attached hydrogen (secondary N) is 1. The molecule has 17 heavy (non-hydrogen) atoms. The monoisotopic (exact) mass is 277 g/mol. The smallest absolute Gasteiger partial charge is 0.136 e. The standard InChI is InChI=1S/C11H20NO3PS/c13-7-1-2-10(8-14)12-9-3-5-11(6-4-9)15-16-17/h7-12,16-17H,1-6H2/t9-,10?,11+. The van der Waals surface area contributed by atoms with Gasteiger partial charge in [-0.05, 0) is 32.1 Å². The maximum absolute atomic E-state index is 10.8. The lowest BCUT2D eigenvalue weighted by atomic mass is 9.92. The number of carbonyl (C=O) groups is 2. The molecule has 4 nitrogen and oxygen atoms in total. The van der Waals surface area contributed by atoms with E-state index >= 15 is 0 Å². The van der Waals surface area contributed by atoms with Crippen LogP contribution in [0.2, 0.25) is 0 Å². The van der Waals surface area contributed by atoms with Crippen LogP contribution < -0.4 is 5.32 Å². The predicted molar refractivity (Wildman–Crippen MR) is 72.7 cm³/mol. The average Bonchev–Trinajstić information content (AvgIpc) is 2.37. The first kappa shape index (κ1) is 15.1. The maximum Gasteiger partial charge on any atom is 0.136 e. The number of hydrogen-bond donors (Lipinski definition) is 2. The summed E-state index contributed by atoms with van der Waals surface area (Å²) in [6.45, 7) is 0. The van der Waals surface area contributed by atoms with E-state index < -0.39 is 0 Å². The van der Waals surface area contributed by atoms with Crippen molar-refractivity contribution in [3.63, 3.8) is 0 Å². The Kier molecular flexibility index (Phi) is 8.02. The highest BCUT2D eigenvalue weighted by molar-refractivity contribution is 8.36. The van der Waals surface area contributed by atoms with E-state index in [-0.39, 0.29) is 14.1 Å². The summed E-state index contributed by atoms with van der Waals surface area (Å²) in [6, 6.07) is 0.189. The SMILES string of the molecule is O=CCCC(C=O)N[C@H]1CC[C@@H](OPS)CC1. The summed E-state index contributed by atoms with van der Waals surface area (Å²) >= 11 is 4.07. The highest BCUT2D eigenvalue weighted by atomic mass is 32.7. The van der Waals surface area contributed by atoms with Crippen molar-refractivity contribution in [3.05, 3.63) is 0 Å². The molecule has 1 N–H and O–H groups in total. The second-order valence-corrected chi connectivity index (χ2v) is 5.30. The van der Waals surface area contributed by atoms with Crippen LogP contribution in [-0.2, 0) is 14.1 Å². The molecule has 0 saturated heterocycles. The Bertz CT molecular complexity index is 235. The third kappa shape index (κ3) is 5.96. The Labute approximate surface area is 109 Å². The first-order valence-corrected chi connectivity index (χ1v) is 8.19. The van der Waals surface area contributed by atoms with Crippen LogP contribution in [0.5, 0.6) is 0 Å². The minimum atomic E-state index is -0.186. The van der Waals surface area contributed by atoms with Crippen LogP contribution in [0.15, 0.2) is 0 Å². The van der Waals surface area contributed by atoms with Crippen molar-refractivity contribution in [1.82, 2.24) is 5.32 Å². The molecule has 0 amide bonds. The summed E-state index contributed by atoms with van der Waals surface area (Å²) in [5, 5.41) is 3.30. The number of carbonyl (C=O) groups excluding carboxylic acids is 2. The molecular weight excluding hydrogens is 257 g/mol.